The highest BCUT2D eigenvalue weighted by atomic mass is 16.4. The summed E-state index contributed by atoms with van der Waals surface area (Å²) in [7, 11) is 2.13. The SMILES string of the molecule is CN1CCCCC1CNc1cnc(C(=O)O)cn1. The average Bonchev–Trinajstić information content (AvgIpc) is 2.38. The van der Waals surface area contributed by atoms with Gasteiger partial charge in [-0.3, -0.25) is 0 Å². The summed E-state index contributed by atoms with van der Waals surface area (Å²) in [5.41, 5.74) is -0.0321. The van der Waals surface area contributed by atoms with Crippen molar-refractivity contribution in [1.82, 2.24) is 14.9 Å². The molecule has 1 aromatic rings. The highest BCUT2D eigenvalue weighted by Gasteiger charge is 2.18. The normalized spacial score (nSPS) is 20.6. The number of hydrogen-bond acceptors (Lipinski definition) is 5. The van der Waals surface area contributed by atoms with Gasteiger partial charge in [-0.05, 0) is 26.4 Å². The van der Waals surface area contributed by atoms with Crippen molar-refractivity contribution in [2.75, 3.05) is 25.5 Å². The third-order valence-corrected chi connectivity index (χ3v) is 3.31. The fourth-order valence-corrected chi connectivity index (χ4v) is 2.15. The Balaban J connectivity index is 1.87. The van der Waals surface area contributed by atoms with E-state index in [-0.39, 0.29) is 5.69 Å². The lowest BCUT2D eigenvalue weighted by Gasteiger charge is -2.32. The monoisotopic (exact) mass is 250 g/mol. The molecule has 0 bridgehead atoms. The van der Waals surface area contributed by atoms with Crippen molar-refractivity contribution in [2.24, 2.45) is 0 Å². The zero-order valence-electron chi connectivity index (χ0n) is 10.5. The molecule has 6 nitrogen and oxygen atoms in total. The Morgan fingerprint density at radius 3 is 2.94 bits per heavy atom. The molecule has 1 aliphatic heterocycles. The maximum Gasteiger partial charge on any atom is 0.356 e. The Morgan fingerprint density at radius 1 is 1.50 bits per heavy atom. The van der Waals surface area contributed by atoms with Gasteiger partial charge in [0.1, 0.15) is 5.82 Å². The van der Waals surface area contributed by atoms with Crippen LogP contribution in [-0.2, 0) is 0 Å². The van der Waals surface area contributed by atoms with Crippen molar-refractivity contribution in [3.8, 4) is 0 Å². The van der Waals surface area contributed by atoms with Crippen LogP contribution in [0.5, 0.6) is 0 Å². The highest BCUT2D eigenvalue weighted by Crippen LogP contribution is 2.15. The third kappa shape index (κ3) is 3.16. The number of carbonyl (C=O) groups is 1. The molecule has 98 valence electrons. The van der Waals surface area contributed by atoms with E-state index in [0.29, 0.717) is 11.9 Å². The number of aromatic nitrogens is 2. The summed E-state index contributed by atoms with van der Waals surface area (Å²) >= 11 is 0. The Hall–Kier alpha value is -1.69. The van der Waals surface area contributed by atoms with E-state index >= 15 is 0 Å². The summed E-state index contributed by atoms with van der Waals surface area (Å²) in [5.74, 6) is -0.431. The van der Waals surface area contributed by atoms with Crippen LogP contribution in [0.4, 0.5) is 5.82 Å². The van der Waals surface area contributed by atoms with Gasteiger partial charge in [-0.25, -0.2) is 14.8 Å². The summed E-state index contributed by atoms with van der Waals surface area (Å²) < 4.78 is 0. The third-order valence-electron chi connectivity index (χ3n) is 3.31. The molecule has 0 aromatic carbocycles. The van der Waals surface area contributed by atoms with Crippen LogP contribution < -0.4 is 5.32 Å². The van der Waals surface area contributed by atoms with Crippen LogP contribution >= 0.6 is 0 Å². The van der Waals surface area contributed by atoms with E-state index in [1.165, 1.54) is 31.7 Å². The van der Waals surface area contributed by atoms with Crippen LogP contribution in [0, 0.1) is 0 Å². The lowest BCUT2D eigenvalue weighted by molar-refractivity contribution is 0.0690. The second kappa shape index (κ2) is 5.77. The van der Waals surface area contributed by atoms with Gasteiger partial charge in [-0.2, -0.15) is 0 Å². The van der Waals surface area contributed by atoms with Crippen LogP contribution in [0.2, 0.25) is 0 Å². The molecule has 2 heterocycles. The summed E-state index contributed by atoms with van der Waals surface area (Å²) in [6, 6.07) is 0.514. The van der Waals surface area contributed by atoms with Gasteiger partial charge in [-0.15, -0.1) is 0 Å². The van der Waals surface area contributed by atoms with Gasteiger partial charge < -0.3 is 15.3 Å². The first-order chi connectivity index (χ1) is 8.66. The first-order valence-corrected chi connectivity index (χ1v) is 6.16. The number of carboxylic acids is 1. The zero-order valence-corrected chi connectivity index (χ0v) is 10.5. The predicted molar refractivity (Wildman–Crippen MR) is 67.8 cm³/mol. The fourth-order valence-electron chi connectivity index (χ4n) is 2.15. The number of likely N-dealkylation sites (tertiary alicyclic amines) is 1. The topological polar surface area (TPSA) is 78.4 Å². The largest absolute Gasteiger partial charge is 0.476 e. The Morgan fingerprint density at radius 2 is 2.33 bits per heavy atom. The molecule has 1 unspecified atom stereocenters. The van der Waals surface area contributed by atoms with Crippen LogP contribution in [0.15, 0.2) is 12.4 Å². The first-order valence-electron chi connectivity index (χ1n) is 6.16. The van der Waals surface area contributed by atoms with Crippen molar-refractivity contribution in [2.45, 2.75) is 25.3 Å². The Kier molecular flexibility index (Phi) is 4.09. The molecule has 6 heteroatoms. The van der Waals surface area contributed by atoms with Crippen molar-refractivity contribution in [3.05, 3.63) is 18.1 Å². The molecule has 0 spiro atoms. The van der Waals surface area contributed by atoms with Gasteiger partial charge in [0.25, 0.3) is 0 Å². The Bertz CT molecular complexity index is 407. The van der Waals surface area contributed by atoms with E-state index in [4.69, 9.17) is 5.11 Å². The number of carboxylic acid groups (broad SMARTS) is 1. The molecule has 2 N–H and O–H groups in total. The average molecular weight is 250 g/mol. The standard InChI is InChI=1S/C12H18N4O2/c1-16-5-3-2-4-9(16)6-14-11-8-13-10(7-15-11)12(17)18/h7-9H,2-6H2,1H3,(H,14,15)(H,17,18). The molecular weight excluding hydrogens is 232 g/mol. The van der Waals surface area contributed by atoms with Gasteiger partial charge in [-0.1, -0.05) is 6.42 Å². The molecule has 0 amide bonds. The maximum atomic E-state index is 10.6. The lowest BCUT2D eigenvalue weighted by atomic mass is 10.0. The number of rotatable bonds is 4. The van der Waals surface area contributed by atoms with Crippen molar-refractivity contribution < 1.29 is 9.90 Å². The van der Waals surface area contributed by atoms with E-state index in [9.17, 15) is 4.79 Å². The molecule has 18 heavy (non-hydrogen) atoms. The quantitative estimate of drug-likeness (QED) is 0.832. The van der Waals surface area contributed by atoms with Crippen molar-refractivity contribution >= 4 is 11.8 Å². The number of aromatic carboxylic acids is 1. The smallest absolute Gasteiger partial charge is 0.356 e. The number of nitrogens with one attached hydrogen (secondary N) is 1. The van der Waals surface area contributed by atoms with Crippen LogP contribution in [-0.4, -0.2) is 52.1 Å². The molecule has 1 atom stereocenters. The lowest BCUT2D eigenvalue weighted by Crippen LogP contribution is -2.40. The van der Waals surface area contributed by atoms with Crippen molar-refractivity contribution in [3.63, 3.8) is 0 Å². The molecule has 1 saturated heterocycles. The van der Waals surface area contributed by atoms with Gasteiger partial charge >= 0.3 is 5.97 Å². The molecule has 1 aliphatic rings. The number of nitrogens with zero attached hydrogens (tertiary/aromatic N) is 3. The minimum Gasteiger partial charge on any atom is -0.476 e. The summed E-state index contributed by atoms with van der Waals surface area (Å²) in [6.07, 6.45) is 6.45. The molecule has 0 aliphatic carbocycles. The number of anilines is 1. The fraction of sp³-hybridized carbons (Fsp3) is 0.583. The molecule has 0 saturated carbocycles. The summed E-state index contributed by atoms with van der Waals surface area (Å²) in [4.78, 5) is 20.8. The van der Waals surface area contributed by atoms with E-state index in [2.05, 4.69) is 27.2 Å². The van der Waals surface area contributed by atoms with Gasteiger partial charge in [0.2, 0.25) is 0 Å². The highest BCUT2D eigenvalue weighted by molar-refractivity contribution is 5.84. The van der Waals surface area contributed by atoms with Crippen LogP contribution in [0.3, 0.4) is 0 Å². The first kappa shape index (κ1) is 12.8. The minimum atomic E-state index is -1.05. The van der Waals surface area contributed by atoms with Gasteiger partial charge in [0.05, 0.1) is 12.4 Å². The van der Waals surface area contributed by atoms with E-state index in [1.54, 1.807) is 0 Å². The van der Waals surface area contributed by atoms with Gasteiger partial charge in [0.15, 0.2) is 5.69 Å². The summed E-state index contributed by atoms with van der Waals surface area (Å²) in [5, 5.41) is 11.9. The predicted octanol–water partition coefficient (Wildman–Crippen LogP) is 1.07. The zero-order chi connectivity index (χ0) is 13.0. The second-order valence-electron chi connectivity index (χ2n) is 4.60. The van der Waals surface area contributed by atoms with E-state index < -0.39 is 5.97 Å². The molecule has 1 aromatic heterocycles. The number of likely N-dealkylation sites (N-methyl/N-ethyl adjacent to an activating group) is 1. The summed E-state index contributed by atoms with van der Waals surface area (Å²) in [6.45, 7) is 1.95. The maximum absolute atomic E-state index is 10.6. The van der Waals surface area contributed by atoms with Gasteiger partial charge in [0, 0.05) is 12.6 Å². The minimum absolute atomic E-state index is 0.0321. The molecule has 2 rings (SSSR count). The van der Waals surface area contributed by atoms with Crippen LogP contribution in [0.25, 0.3) is 0 Å². The van der Waals surface area contributed by atoms with Crippen molar-refractivity contribution in [1.29, 1.82) is 0 Å². The van der Waals surface area contributed by atoms with Crippen LogP contribution in [0.1, 0.15) is 29.8 Å². The molecule has 1 fully saturated rings. The molecular formula is C12H18N4O2. The second-order valence-corrected chi connectivity index (χ2v) is 4.60. The van der Waals surface area contributed by atoms with E-state index in [0.717, 1.165) is 13.1 Å². The number of hydrogen-bond donors (Lipinski definition) is 2. The number of piperidine rings is 1. The Labute approximate surface area is 106 Å². The molecule has 0 radical (unpaired) electrons. The van der Waals surface area contributed by atoms with E-state index in [1.807, 2.05) is 0 Å².